The Morgan fingerprint density at radius 3 is 2.72 bits per heavy atom. The second kappa shape index (κ2) is 8.22. The molecule has 0 saturated heterocycles. The third kappa shape index (κ3) is 5.47. The second-order valence-electron chi connectivity index (χ2n) is 5.79. The third-order valence-electron chi connectivity index (χ3n) is 3.58. The van der Waals surface area contributed by atoms with Crippen LogP contribution in [-0.4, -0.2) is 49.7 Å². The van der Waals surface area contributed by atoms with E-state index in [0.717, 1.165) is 0 Å². The zero-order chi connectivity index (χ0) is 21.0. The van der Waals surface area contributed by atoms with E-state index in [0.29, 0.717) is 22.6 Å². The van der Waals surface area contributed by atoms with E-state index in [1.54, 1.807) is 19.2 Å². The van der Waals surface area contributed by atoms with Gasteiger partial charge in [-0.1, -0.05) is 5.16 Å². The Morgan fingerprint density at radius 2 is 2.03 bits per heavy atom. The molecular weight excluding hydrogens is 399 g/mol. The lowest BCUT2D eigenvalue weighted by Crippen LogP contribution is -2.30. The van der Waals surface area contributed by atoms with Gasteiger partial charge in [-0.05, 0) is 23.7 Å². The van der Waals surface area contributed by atoms with Crippen LogP contribution in [0.2, 0.25) is 0 Å². The van der Waals surface area contributed by atoms with Crippen molar-refractivity contribution in [3.05, 3.63) is 41.1 Å². The van der Waals surface area contributed by atoms with Gasteiger partial charge in [0, 0.05) is 6.54 Å². The number of imidazole rings is 1. The van der Waals surface area contributed by atoms with E-state index < -0.39 is 24.8 Å². The van der Waals surface area contributed by atoms with E-state index in [4.69, 9.17) is 0 Å². The predicted octanol–water partition coefficient (Wildman–Crippen LogP) is 0.503. The molecule has 14 heteroatoms. The number of nitrogens with zero attached hydrogens (tertiary/aromatic N) is 5. The Hall–Kier alpha value is -3.55. The van der Waals surface area contributed by atoms with Crippen molar-refractivity contribution in [2.75, 3.05) is 6.61 Å². The summed E-state index contributed by atoms with van der Waals surface area (Å²) >= 11 is 0. The molecule has 3 aromatic rings. The van der Waals surface area contributed by atoms with Crippen LogP contribution in [0.1, 0.15) is 27.4 Å². The number of aromatic nitrogens is 5. The van der Waals surface area contributed by atoms with Crippen molar-refractivity contribution in [2.45, 2.75) is 26.4 Å². The van der Waals surface area contributed by atoms with Gasteiger partial charge in [0.2, 0.25) is 5.91 Å². The maximum atomic E-state index is 12.0. The molecule has 29 heavy (non-hydrogen) atoms. The summed E-state index contributed by atoms with van der Waals surface area (Å²) in [6.45, 7) is 0.485. The summed E-state index contributed by atoms with van der Waals surface area (Å²) in [4.78, 5) is 27.6. The molecule has 0 radical (unpaired) electrons. The zero-order valence-electron chi connectivity index (χ0n) is 14.9. The fraction of sp³-hybridized carbons (Fsp3) is 0.333. The molecule has 0 fully saturated rings. The fourth-order valence-electron chi connectivity index (χ4n) is 2.24. The lowest BCUT2D eigenvalue weighted by atomic mass is 10.3. The van der Waals surface area contributed by atoms with Crippen molar-refractivity contribution in [3.63, 3.8) is 0 Å². The number of ether oxygens (including phenoxy) is 1. The highest BCUT2D eigenvalue weighted by Crippen LogP contribution is 2.15. The molecule has 0 unspecified atom stereocenters. The Bertz CT molecular complexity index is 1030. The average molecular weight is 413 g/mol. The van der Waals surface area contributed by atoms with Gasteiger partial charge in [-0.3, -0.25) is 14.3 Å². The minimum atomic E-state index is -4.87. The fourth-order valence-corrected chi connectivity index (χ4v) is 2.24. The van der Waals surface area contributed by atoms with Crippen LogP contribution in [-0.2, 0) is 22.6 Å². The summed E-state index contributed by atoms with van der Waals surface area (Å²) in [7, 11) is 0. The Labute approximate surface area is 160 Å². The van der Waals surface area contributed by atoms with Crippen LogP contribution >= 0.6 is 0 Å². The smallest absolute Gasteiger partial charge is 0.350 e. The standard InChI is InChI=1S/C15H14F3N7O4/c1-8-13(24-29-23-8)14(27)20-5-10-6-25-11(22-10)2-9(4-21-25)3-19-12(26)7-28-15(16,17)18/h2,4,6H,3,5,7H2,1H3,(H,19,26)(H,20,27). The first-order valence-corrected chi connectivity index (χ1v) is 8.09. The number of carbonyl (C=O) groups excluding carboxylic acids is 2. The number of hydrogen-bond donors (Lipinski definition) is 2. The molecule has 0 aliphatic heterocycles. The average Bonchev–Trinajstić information content (AvgIpc) is 3.27. The molecule has 3 rings (SSSR count). The van der Waals surface area contributed by atoms with Gasteiger partial charge in [0.25, 0.3) is 5.91 Å². The van der Waals surface area contributed by atoms with Gasteiger partial charge in [-0.25, -0.2) is 14.1 Å². The number of halogens is 3. The van der Waals surface area contributed by atoms with Crippen molar-refractivity contribution >= 4 is 17.5 Å². The van der Waals surface area contributed by atoms with Gasteiger partial charge >= 0.3 is 6.36 Å². The molecule has 0 spiro atoms. The van der Waals surface area contributed by atoms with Gasteiger partial charge in [0.15, 0.2) is 11.3 Å². The molecule has 0 aromatic carbocycles. The minimum Gasteiger partial charge on any atom is -0.350 e. The van der Waals surface area contributed by atoms with Gasteiger partial charge in [0.05, 0.1) is 24.6 Å². The molecular formula is C15H14F3N7O4. The van der Waals surface area contributed by atoms with E-state index in [1.807, 2.05) is 0 Å². The summed E-state index contributed by atoms with van der Waals surface area (Å²) in [6, 6.07) is 1.59. The van der Waals surface area contributed by atoms with Gasteiger partial charge in [-0.15, -0.1) is 13.2 Å². The first-order chi connectivity index (χ1) is 13.7. The van der Waals surface area contributed by atoms with Crippen LogP contribution in [0, 0.1) is 6.92 Å². The third-order valence-corrected chi connectivity index (χ3v) is 3.58. The number of aryl methyl sites for hydroxylation is 1. The molecule has 0 bridgehead atoms. The Kier molecular flexibility index (Phi) is 5.72. The van der Waals surface area contributed by atoms with Gasteiger partial charge < -0.3 is 10.6 Å². The van der Waals surface area contributed by atoms with Crippen molar-refractivity contribution < 1.29 is 32.1 Å². The van der Waals surface area contributed by atoms with Crippen LogP contribution in [0.3, 0.4) is 0 Å². The van der Waals surface area contributed by atoms with Gasteiger partial charge in [0.1, 0.15) is 12.3 Å². The van der Waals surface area contributed by atoms with Crippen molar-refractivity contribution in [3.8, 4) is 0 Å². The SMILES string of the molecule is Cc1nonc1C(=O)NCc1cn2ncc(CNC(=O)COC(F)(F)F)cc2n1. The normalized spacial score (nSPS) is 11.6. The molecule has 0 saturated carbocycles. The molecule has 11 nitrogen and oxygen atoms in total. The summed E-state index contributed by atoms with van der Waals surface area (Å²) < 4.78 is 45.1. The summed E-state index contributed by atoms with van der Waals surface area (Å²) in [5, 5.41) is 16.0. The van der Waals surface area contributed by atoms with Crippen molar-refractivity contribution in [1.29, 1.82) is 0 Å². The van der Waals surface area contributed by atoms with E-state index in [-0.39, 0.29) is 18.8 Å². The summed E-state index contributed by atoms with van der Waals surface area (Å²) in [6.07, 6.45) is -1.86. The van der Waals surface area contributed by atoms with Crippen LogP contribution in [0.5, 0.6) is 0 Å². The molecule has 0 aliphatic rings. The number of alkyl halides is 3. The van der Waals surface area contributed by atoms with E-state index in [9.17, 15) is 22.8 Å². The van der Waals surface area contributed by atoms with Crippen LogP contribution in [0.4, 0.5) is 13.2 Å². The molecule has 3 aromatic heterocycles. The van der Waals surface area contributed by atoms with Crippen LogP contribution < -0.4 is 10.6 Å². The van der Waals surface area contributed by atoms with Crippen molar-refractivity contribution in [1.82, 2.24) is 35.5 Å². The first-order valence-electron chi connectivity index (χ1n) is 8.09. The monoisotopic (exact) mass is 413 g/mol. The lowest BCUT2D eigenvalue weighted by molar-refractivity contribution is -0.321. The zero-order valence-corrected chi connectivity index (χ0v) is 14.9. The Morgan fingerprint density at radius 1 is 1.24 bits per heavy atom. The Balaban J connectivity index is 1.56. The number of carbonyl (C=O) groups is 2. The summed E-state index contributed by atoms with van der Waals surface area (Å²) in [5.41, 5.74) is 1.86. The van der Waals surface area contributed by atoms with Crippen molar-refractivity contribution in [2.24, 2.45) is 0 Å². The molecule has 0 atom stereocenters. The largest absolute Gasteiger partial charge is 0.523 e. The summed E-state index contributed by atoms with van der Waals surface area (Å²) in [5.74, 6) is -1.40. The lowest BCUT2D eigenvalue weighted by Gasteiger charge is -2.08. The number of hydrogen-bond acceptors (Lipinski definition) is 8. The van der Waals surface area contributed by atoms with E-state index in [2.05, 4.69) is 40.4 Å². The molecule has 3 heterocycles. The number of rotatable bonds is 7. The molecule has 2 N–H and O–H groups in total. The first kappa shape index (κ1) is 20.2. The molecule has 2 amide bonds. The quantitative estimate of drug-likeness (QED) is 0.572. The molecule has 154 valence electrons. The second-order valence-corrected chi connectivity index (χ2v) is 5.79. The van der Waals surface area contributed by atoms with Crippen LogP contribution in [0.25, 0.3) is 5.65 Å². The van der Waals surface area contributed by atoms with Crippen LogP contribution in [0.15, 0.2) is 23.1 Å². The topological polar surface area (TPSA) is 137 Å². The maximum Gasteiger partial charge on any atom is 0.523 e. The van der Waals surface area contributed by atoms with Gasteiger partial charge in [-0.2, -0.15) is 5.10 Å². The van der Waals surface area contributed by atoms with E-state index in [1.165, 1.54) is 10.7 Å². The highest BCUT2D eigenvalue weighted by molar-refractivity contribution is 5.92. The number of amides is 2. The molecule has 0 aliphatic carbocycles. The minimum absolute atomic E-state index is 0.0546. The van der Waals surface area contributed by atoms with E-state index >= 15 is 0 Å². The highest BCUT2D eigenvalue weighted by Gasteiger charge is 2.30. The number of nitrogens with one attached hydrogen (secondary N) is 2. The maximum absolute atomic E-state index is 12.0. The predicted molar refractivity (Wildman–Crippen MR) is 87.0 cm³/mol. The number of fused-ring (bicyclic) bond motifs is 1. The highest BCUT2D eigenvalue weighted by atomic mass is 19.4.